The number of ether oxygens (including phenoxy) is 2. The van der Waals surface area contributed by atoms with Crippen LogP contribution in [-0.4, -0.2) is 25.3 Å². The van der Waals surface area contributed by atoms with Crippen molar-refractivity contribution >= 4 is 5.97 Å². The van der Waals surface area contributed by atoms with E-state index in [1.165, 1.54) is 0 Å². The van der Waals surface area contributed by atoms with E-state index < -0.39 is 0 Å². The highest BCUT2D eigenvalue weighted by atomic mass is 16.5. The Bertz CT molecular complexity index is 536. The summed E-state index contributed by atoms with van der Waals surface area (Å²) >= 11 is 0. The van der Waals surface area contributed by atoms with Gasteiger partial charge in [-0.2, -0.15) is 0 Å². The minimum atomic E-state index is -0.252. The molecule has 1 saturated heterocycles. The van der Waals surface area contributed by atoms with Crippen molar-refractivity contribution in [3.05, 3.63) is 48.0 Å². The molecule has 2 atom stereocenters. The topological polar surface area (TPSA) is 35.5 Å². The van der Waals surface area contributed by atoms with Crippen molar-refractivity contribution in [2.75, 3.05) is 13.2 Å². The summed E-state index contributed by atoms with van der Waals surface area (Å²) in [5, 5.41) is 0. The number of esters is 1. The first-order chi connectivity index (χ1) is 9.68. The van der Waals surface area contributed by atoms with E-state index in [9.17, 15) is 4.79 Å². The zero-order chi connectivity index (χ0) is 14.4. The van der Waals surface area contributed by atoms with Gasteiger partial charge in [-0.3, -0.25) is 4.79 Å². The van der Waals surface area contributed by atoms with Gasteiger partial charge in [0.05, 0.1) is 12.0 Å². The molecule has 2 rings (SSSR count). The van der Waals surface area contributed by atoms with E-state index in [1.807, 2.05) is 37.3 Å². The van der Waals surface area contributed by atoms with Gasteiger partial charge in [-0.05, 0) is 25.5 Å². The van der Waals surface area contributed by atoms with Gasteiger partial charge < -0.3 is 9.47 Å². The maximum atomic E-state index is 12.0. The average molecular weight is 270 g/mol. The lowest BCUT2D eigenvalue weighted by molar-refractivity contribution is -0.148. The lowest BCUT2D eigenvalue weighted by Crippen LogP contribution is -2.26. The van der Waals surface area contributed by atoms with Crippen LogP contribution in [0.15, 0.2) is 42.5 Å². The SMILES string of the molecule is C=C(C)[C@H]1OCC[C@H]1C(=O)OCC#Cc1ccccc1. The van der Waals surface area contributed by atoms with Crippen LogP contribution in [0.5, 0.6) is 0 Å². The first-order valence-electron chi connectivity index (χ1n) is 6.66. The van der Waals surface area contributed by atoms with Crippen molar-refractivity contribution in [1.29, 1.82) is 0 Å². The largest absolute Gasteiger partial charge is 0.452 e. The minimum absolute atomic E-state index is 0.104. The summed E-state index contributed by atoms with van der Waals surface area (Å²) in [4.78, 5) is 12.0. The second-order valence-electron chi connectivity index (χ2n) is 4.81. The third-order valence-corrected chi connectivity index (χ3v) is 3.17. The van der Waals surface area contributed by atoms with E-state index in [0.717, 1.165) is 11.1 Å². The minimum Gasteiger partial charge on any atom is -0.452 e. The Morgan fingerprint density at radius 2 is 2.20 bits per heavy atom. The van der Waals surface area contributed by atoms with E-state index in [0.29, 0.717) is 13.0 Å². The number of rotatable bonds is 3. The quantitative estimate of drug-likeness (QED) is 0.481. The van der Waals surface area contributed by atoms with Crippen LogP contribution in [-0.2, 0) is 14.3 Å². The Balaban J connectivity index is 1.84. The van der Waals surface area contributed by atoms with Crippen molar-refractivity contribution in [2.45, 2.75) is 19.4 Å². The smallest absolute Gasteiger partial charge is 0.312 e. The average Bonchev–Trinajstić information content (AvgIpc) is 2.94. The van der Waals surface area contributed by atoms with E-state index in [-0.39, 0.29) is 24.6 Å². The van der Waals surface area contributed by atoms with E-state index in [1.54, 1.807) is 0 Å². The van der Waals surface area contributed by atoms with Crippen LogP contribution in [0.4, 0.5) is 0 Å². The zero-order valence-electron chi connectivity index (χ0n) is 11.6. The second-order valence-corrected chi connectivity index (χ2v) is 4.81. The summed E-state index contributed by atoms with van der Waals surface area (Å²) in [6.45, 7) is 6.39. The van der Waals surface area contributed by atoms with Gasteiger partial charge in [-0.25, -0.2) is 0 Å². The van der Waals surface area contributed by atoms with Crippen LogP contribution in [0, 0.1) is 17.8 Å². The summed E-state index contributed by atoms with van der Waals surface area (Å²) in [6.07, 6.45) is 0.465. The third kappa shape index (κ3) is 3.72. The zero-order valence-corrected chi connectivity index (χ0v) is 11.6. The van der Waals surface area contributed by atoms with Crippen molar-refractivity contribution in [3.8, 4) is 11.8 Å². The Morgan fingerprint density at radius 1 is 1.45 bits per heavy atom. The lowest BCUT2D eigenvalue weighted by atomic mass is 9.97. The van der Waals surface area contributed by atoms with E-state index >= 15 is 0 Å². The molecule has 1 aromatic rings. The molecule has 0 aliphatic carbocycles. The number of carbonyl (C=O) groups is 1. The Labute approximate surface area is 119 Å². The highest BCUT2D eigenvalue weighted by Crippen LogP contribution is 2.26. The van der Waals surface area contributed by atoms with Crippen LogP contribution in [0.25, 0.3) is 0 Å². The molecular formula is C17H18O3. The Hall–Kier alpha value is -2.05. The van der Waals surface area contributed by atoms with Crippen LogP contribution >= 0.6 is 0 Å². The lowest BCUT2D eigenvalue weighted by Gasteiger charge is -2.16. The highest BCUT2D eigenvalue weighted by molar-refractivity contribution is 5.74. The number of hydrogen-bond donors (Lipinski definition) is 0. The molecule has 0 amide bonds. The van der Waals surface area contributed by atoms with Gasteiger partial charge >= 0.3 is 5.97 Å². The van der Waals surface area contributed by atoms with Crippen molar-refractivity contribution in [1.82, 2.24) is 0 Å². The summed E-state index contributed by atoms with van der Waals surface area (Å²) in [6, 6.07) is 9.60. The van der Waals surface area contributed by atoms with Crippen molar-refractivity contribution < 1.29 is 14.3 Å². The summed E-state index contributed by atoms with van der Waals surface area (Å²) in [7, 11) is 0. The van der Waals surface area contributed by atoms with E-state index in [4.69, 9.17) is 9.47 Å². The van der Waals surface area contributed by atoms with E-state index in [2.05, 4.69) is 18.4 Å². The predicted molar refractivity (Wildman–Crippen MR) is 76.9 cm³/mol. The molecular weight excluding hydrogens is 252 g/mol. The first-order valence-corrected chi connectivity index (χ1v) is 6.66. The molecule has 0 radical (unpaired) electrons. The molecule has 1 heterocycles. The van der Waals surface area contributed by atoms with Gasteiger partial charge in [0.15, 0.2) is 6.61 Å². The van der Waals surface area contributed by atoms with Crippen LogP contribution in [0.3, 0.4) is 0 Å². The van der Waals surface area contributed by atoms with Crippen LogP contribution in [0.1, 0.15) is 18.9 Å². The van der Waals surface area contributed by atoms with Gasteiger partial charge in [0.2, 0.25) is 0 Å². The summed E-state index contributed by atoms with van der Waals surface area (Å²) in [5.41, 5.74) is 1.77. The molecule has 1 aliphatic heterocycles. The van der Waals surface area contributed by atoms with Gasteiger partial charge in [-0.1, -0.05) is 42.2 Å². The maximum Gasteiger partial charge on any atom is 0.312 e. The molecule has 0 N–H and O–H groups in total. The fourth-order valence-corrected chi connectivity index (χ4v) is 2.19. The van der Waals surface area contributed by atoms with Crippen molar-refractivity contribution in [2.24, 2.45) is 5.92 Å². The maximum absolute atomic E-state index is 12.0. The molecule has 1 aliphatic rings. The number of hydrogen-bond acceptors (Lipinski definition) is 3. The summed E-state index contributed by atoms with van der Waals surface area (Å²) in [5.74, 6) is 5.30. The molecule has 1 fully saturated rings. The third-order valence-electron chi connectivity index (χ3n) is 3.17. The molecule has 0 unspecified atom stereocenters. The van der Waals surface area contributed by atoms with Gasteiger partial charge in [-0.15, -0.1) is 0 Å². The van der Waals surface area contributed by atoms with Crippen molar-refractivity contribution in [3.63, 3.8) is 0 Å². The fraction of sp³-hybridized carbons (Fsp3) is 0.353. The molecule has 0 bridgehead atoms. The molecule has 0 saturated carbocycles. The van der Waals surface area contributed by atoms with Crippen LogP contribution < -0.4 is 0 Å². The Kier molecular flexibility index (Phi) is 4.97. The molecule has 0 spiro atoms. The molecule has 104 valence electrons. The number of benzene rings is 1. The fourth-order valence-electron chi connectivity index (χ4n) is 2.19. The highest BCUT2D eigenvalue weighted by Gasteiger charge is 2.35. The molecule has 3 nitrogen and oxygen atoms in total. The second kappa shape index (κ2) is 6.93. The predicted octanol–water partition coefficient (Wildman–Crippen LogP) is 2.56. The van der Waals surface area contributed by atoms with Crippen LogP contribution in [0.2, 0.25) is 0 Å². The monoisotopic (exact) mass is 270 g/mol. The first kappa shape index (κ1) is 14.4. The number of carbonyl (C=O) groups excluding carboxylic acids is 1. The molecule has 0 aromatic heterocycles. The van der Waals surface area contributed by atoms with Gasteiger partial charge in [0, 0.05) is 12.2 Å². The standard InChI is InChI=1S/C17H18O3/c1-13(2)16-15(10-12-19-16)17(18)20-11-6-9-14-7-4-3-5-8-14/h3-5,7-8,15-16H,1,10-12H2,2H3/t15-,16-/m1/s1. The molecule has 1 aromatic carbocycles. The van der Waals surface area contributed by atoms with Gasteiger partial charge in [0.25, 0.3) is 0 Å². The molecule has 20 heavy (non-hydrogen) atoms. The van der Waals surface area contributed by atoms with Gasteiger partial charge in [0.1, 0.15) is 0 Å². The molecule has 3 heteroatoms. The Morgan fingerprint density at radius 3 is 2.90 bits per heavy atom. The normalized spacial score (nSPS) is 20.9. The summed E-state index contributed by atoms with van der Waals surface area (Å²) < 4.78 is 10.7.